The van der Waals surface area contributed by atoms with Crippen LogP contribution in [-0.2, 0) is 14.8 Å². The maximum absolute atomic E-state index is 12.6. The lowest BCUT2D eigenvalue weighted by atomic mass is 9.94. The van der Waals surface area contributed by atoms with Gasteiger partial charge in [-0.15, -0.1) is 0 Å². The lowest BCUT2D eigenvalue weighted by Gasteiger charge is -2.31. The van der Waals surface area contributed by atoms with Crippen molar-refractivity contribution in [2.75, 3.05) is 13.1 Å². The normalized spacial score (nSPS) is 18.1. The van der Waals surface area contributed by atoms with Crippen molar-refractivity contribution in [1.82, 2.24) is 4.31 Å². The van der Waals surface area contributed by atoms with E-state index in [1.807, 2.05) is 6.07 Å². The number of amides is 1. The Morgan fingerprint density at radius 1 is 1.30 bits per heavy atom. The van der Waals surface area contributed by atoms with Crippen LogP contribution >= 0.6 is 0 Å². The van der Waals surface area contributed by atoms with E-state index in [0.29, 0.717) is 37.2 Å². The Bertz CT molecular complexity index is 590. The second kappa shape index (κ2) is 5.93. The molecule has 1 amide bonds. The van der Waals surface area contributed by atoms with Crippen molar-refractivity contribution in [3.05, 3.63) is 29.8 Å². The standard InChI is InChI=1S/C14H20N2O3S/c1-11-4-2-3-5-13(11)20(18,19)16-8-6-12(7-9-16)10-14(15)17/h2-5,12H,6-10H2,1H3,(H2,15,17). The van der Waals surface area contributed by atoms with Crippen LogP contribution in [0.4, 0.5) is 0 Å². The molecule has 6 heteroatoms. The van der Waals surface area contributed by atoms with Gasteiger partial charge in [0.15, 0.2) is 0 Å². The first-order valence-corrected chi connectivity index (χ1v) is 8.19. The number of carbonyl (C=O) groups is 1. The molecule has 1 aromatic carbocycles. The number of sulfonamides is 1. The summed E-state index contributed by atoms with van der Waals surface area (Å²) in [6, 6.07) is 7.00. The summed E-state index contributed by atoms with van der Waals surface area (Å²) in [6.07, 6.45) is 1.72. The van der Waals surface area contributed by atoms with Gasteiger partial charge in [0.1, 0.15) is 0 Å². The van der Waals surface area contributed by atoms with Gasteiger partial charge in [-0.2, -0.15) is 4.31 Å². The Hall–Kier alpha value is -1.40. The molecule has 1 fully saturated rings. The van der Waals surface area contributed by atoms with Gasteiger partial charge in [0.2, 0.25) is 15.9 Å². The van der Waals surface area contributed by atoms with Crippen molar-refractivity contribution in [1.29, 1.82) is 0 Å². The number of rotatable bonds is 4. The van der Waals surface area contributed by atoms with E-state index < -0.39 is 10.0 Å². The van der Waals surface area contributed by atoms with Gasteiger partial charge in [0, 0.05) is 19.5 Å². The molecular formula is C14H20N2O3S. The van der Waals surface area contributed by atoms with Gasteiger partial charge in [-0.05, 0) is 37.3 Å². The smallest absolute Gasteiger partial charge is 0.243 e. The molecule has 1 aliphatic rings. The molecule has 0 unspecified atom stereocenters. The quantitative estimate of drug-likeness (QED) is 0.908. The summed E-state index contributed by atoms with van der Waals surface area (Å²) in [6.45, 7) is 2.70. The van der Waals surface area contributed by atoms with Crippen LogP contribution < -0.4 is 5.73 Å². The number of nitrogens with zero attached hydrogens (tertiary/aromatic N) is 1. The highest BCUT2D eigenvalue weighted by molar-refractivity contribution is 7.89. The van der Waals surface area contributed by atoms with E-state index in [9.17, 15) is 13.2 Å². The number of benzene rings is 1. The lowest BCUT2D eigenvalue weighted by molar-refractivity contribution is -0.119. The molecule has 110 valence electrons. The number of hydrogen-bond acceptors (Lipinski definition) is 3. The first kappa shape index (κ1) is 15.0. The molecule has 0 saturated carbocycles. The molecular weight excluding hydrogens is 276 g/mol. The highest BCUT2D eigenvalue weighted by Crippen LogP contribution is 2.26. The van der Waals surface area contributed by atoms with Crippen molar-refractivity contribution < 1.29 is 13.2 Å². The molecule has 1 saturated heterocycles. The third kappa shape index (κ3) is 3.19. The monoisotopic (exact) mass is 296 g/mol. The third-order valence-electron chi connectivity index (χ3n) is 3.77. The summed E-state index contributed by atoms with van der Waals surface area (Å²) in [5, 5.41) is 0. The van der Waals surface area contributed by atoms with Gasteiger partial charge in [-0.3, -0.25) is 4.79 Å². The Labute approximate surface area is 119 Å². The molecule has 0 spiro atoms. The van der Waals surface area contributed by atoms with E-state index >= 15 is 0 Å². The zero-order valence-corrected chi connectivity index (χ0v) is 12.4. The number of primary amides is 1. The van der Waals surface area contributed by atoms with Crippen molar-refractivity contribution >= 4 is 15.9 Å². The van der Waals surface area contributed by atoms with E-state index in [0.717, 1.165) is 5.56 Å². The van der Waals surface area contributed by atoms with Crippen molar-refractivity contribution in [3.8, 4) is 0 Å². The van der Waals surface area contributed by atoms with Crippen molar-refractivity contribution in [3.63, 3.8) is 0 Å². The Morgan fingerprint density at radius 3 is 2.45 bits per heavy atom. The fraction of sp³-hybridized carbons (Fsp3) is 0.500. The molecule has 0 aliphatic carbocycles. The zero-order valence-electron chi connectivity index (χ0n) is 11.6. The van der Waals surface area contributed by atoms with Gasteiger partial charge in [-0.1, -0.05) is 18.2 Å². The van der Waals surface area contributed by atoms with Gasteiger partial charge in [0.25, 0.3) is 0 Å². The summed E-state index contributed by atoms with van der Waals surface area (Å²) in [4.78, 5) is 11.3. The highest BCUT2D eigenvalue weighted by Gasteiger charge is 2.30. The van der Waals surface area contributed by atoms with Crippen LogP contribution in [0, 0.1) is 12.8 Å². The van der Waals surface area contributed by atoms with Crippen LogP contribution in [-0.4, -0.2) is 31.7 Å². The molecule has 2 N–H and O–H groups in total. The average molecular weight is 296 g/mol. The minimum Gasteiger partial charge on any atom is -0.370 e. The van der Waals surface area contributed by atoms with Crippen LogP contribution in [0.15, 0.2) is 29.2 Å². The Morgan fingerprint density at radius 2 is 1.90 bits per heavy atom. The predicted molar refractivity (Wildman–Crippen MR) is 76.5 cm³/mol. The number of nitrogens with two attached hydrogens (primary N) is 1. The zero-order chi connectivity index (χ0) is 14.8. The highest BCUT2D eigenvalue weighted by atomic mass is 32.2. The number of hydrogen-bond donors (Lipinski definition) is 1. The van der Waals surface area contributed by atoms with E-state index in [1.165, 1.54) is 4.31 Å². The van der Waals surface area contributed by atoms with Crippen LogP contribution in [0.1, 0.15) is 24.8 Å². The predicted octanol–water partition coefficient (Wildman–Crippen LogP) is 1.27. The third-order valence-corrected chi connectivity index (χ3v) is 5.83. The van der Waals surface area contributed by atoms with Gasteiger partial charge >= 0.3 is 0 Å². The average Bonchev–Trinajstić information content (AvgIpc) is 2.39. The first-order valence-electron chi connectivity index (χ1n) is 6.75. The van der Waals surface area contributed by atoms with Gasteiger partial charge in [0.05, 0.1) is 4.90 Å². The Kier molecular flexibility index (Phi) is 4.45. The van der Waals surface area contributed by atoms with Crippen LogP contribution in [0.5, 0.6) is 0 Å². The number of piperidine rings is 1. The van der Waals surface area contributed by atoms with Crippen LogP contribution in [0.25, 0.3) is 0 Å². The summed E-state index contributed by atoms with van der Waals surface area (Å²) in [7, 11) is -3.43. The Balaban J connectivity index is 2.10. The first-order chi connectivity index (χ1) is 9.41. The molecule has 1 aromatic rings. The van der Waals surface area contributed by atoms with Gasteiger partial charge in [-0.25, -0.2) is 8.42 Å². The van der Waals surface area contributed by atoms with Crippen LogP contribution in [0.3, 0.4) is 0 Å². The molecule has 5 nitrogen and oxygen atoms in total. The number of carbonyl (C=O) groups excluding carboxylic acids is 1. The molecule has 0 aromatic heterocycles. The molecule has 0 bridgehead atoms. The summed E-state index contributed by atoms with van der Waals surface area (Å²) < 4.78 is 26.6. The summed E-state index contributed by atoms with van der Waals surface area (Å²) in [5.41, 5.74) is 5.94. The molecule has 20 heavy (non-hydrogen) atoms. The molecule has 0 atom stereocenters. The van der Waals surface area contributed by atoms with E-state index in [-0.39, 0.29) is 11.8 Å². The maximum atomic E-state index is 12.6. The molecule has 0 radical (unpaired) electrons. The minimum atomic E-state index is -3.43. The molecule has 1 aliphatic heterocycles. The van der Waals surface area contributed by atoms with Crippen molar-refractivity contribution in [2.45, 2.75) is 31.1 Å². The summed E-state index contributed by atoms with van der Waals surface area (Å²) in [5.74, 6) is -0.110. The topological polar surface area (TPSA) is 80.5 Å². The largest absolute Gasteiger partial charge is 0.370 e. The number of aryl methyl sites for hydroxylation is 1. The second-order valence-corrected chi connectivity index (χ2v) is 7.19. The van der Waals surface area contributed by atoms with Crippen molar-refractivity contribution in [2.24, 2.45) is 11.7 Å². The SMILES string of the molecule is Cc1ccccc1S(=O)(=O)N1CCC(CC(N)=O)CC1. The maximum Gasteiger partial charge on any atom is 0.243 e. The lowest BCUT2D eigenvalue weighted by Crippen LogP contribution is -2.39. The van der Waals surface area contributed by atoms with E-state index in [2.05, 4.69) is 0 Å². The fourth-order valence-electron chi connectivity index (χ4n) is 2.62. The summed E-state index contributed by atoms with van der Waals surface area (Å²) >= 11 is 0. The van der Waals surface area contributed by atoms with Gasteiger partial charge < -0.3 is 5.73 Å². The molecule has 2 rings (SSSR count). The van der Waals surface area contributed by atoms with E-state index in [1.54, 1.807) is 25.1 Å². The molecule has 1 heterocycles. The second-order valence-electron chi connectivity index (χ2n) is 5.28. The minimum absolute atomic E-state index is 0.204. The van der Waals surface area contributed by atoms with E-state index in [4.69, 9.17) is 5.73 Å². The fourth-order valence-corrected chi connectivity index (χ4v) is 4.32. The van der Waals surface area contributed by atoms with Crippen LogP contribution in [0.2, 0.25) is 0 Å².